The molecule has 0 radical (unpaired) electrons. The maximum absolute atomic E-state index is 11.3. The zero-order valence-electron chi connectivity index (χ0n) is 8.96. The van der Waals surface area contributed by atoms with Gasteiger partial charge in [-0.3, -0.25) is 10.1 Å². The van der Waals surface area contributed by atoms with Gasteiger partial charge in [0.2, 0.25) is 0 Å². The SMILES string of the molecule is CS(=O)(=O)c1ccc(C=CCCl)c([N+](=O)[O-])c1. The van der Waals surface area contributed by atoms with E-state index in [1.54, 1.807) is 6.08 Å². The van der Waals surface area contributed by atoms with E-state index in [2.05, 4.69) is 0 Å². The first kappa shape index (κ1) is 13.7. The largest absolute Gasteiger partial charge is 0.277 e. The summed E-state index contributed by atoms with van der Waals surface area (Å²) in [6.45, 7) is 0. The Kier molecular flexibility index (Phi) is 4.25. The molecule has 1 rings (SSSR count). The average molecular weight is 276 g/mol. The van der Waals surface area contributed by atoms with Crippen LogP contribution in [0.2, 0.25) is 0 Å². The number of hydrogen-bond donors (Lipinski definition) is 0. The molecule has 0 bridgehead atoms. The lowest BCUT2D eigenvalue weighted by Gasteiger charge is -2.01. The number of alkyl halides is 1. The molecular formula is C10H10ClNO4S. The first-order chi connectivity index (χ1) is 7.86. The molecule has 0 spiro atoms. The fourth-order valence-corrected chi connectivity index (χ4v) is 1.95. The maximum Gasteiger partial charge on any atom is 0.277 e. The van der Waals surface area contributed by atoms with Crippen LogP contribution < -0.4 is 0 Å². The molecule has 7 heteroatoms. The highest BCUT2D eigenvalue weighted by atomic mass is 35.5. The predicted molar refractivity (Wildman–Crippen MR) is 66.0 cm³/mol. The number of hydrogen-bond acceptors (Lipinski definition) is 4. The molecule has 0 fully saturated rings. The van der Waals surface area contributed by atoms with Gasteiger partial charge in [-0.15, -0.1) is 11.6 Å². The van der Waals surface area contributed by atoms with E-state index in [9.17, 15) is 18.5 Å². The fourth-order valence-electron chi connectivity index (χ4n) is 1.22. The Hall–Kier alpha value is -1.40. The van der Waals surface area contributed by atoms with Crippen molar-refractivity contribution >= 4 is 33.2 Å². The molecule has 0 aliphatic rings. The second-order valence-corrected chi connectivity index (χ2v) is 5.63. The minimum absolute atomic E-state index is 0.0766. The number of nitro benzene ring substituents is 1. The third-order valence-electron chi connectivity index (χ3n) is 2.01. The van der Waals surface area contributed by atoms with E-state index in [0.717, 1.165) is 12.3 Å². The Bertz CT molecular complexity index is 566. The van der Waals surface area contributed by atoms with E-state index in [4.69, 9.17) is 11.6 Å². The highest BCUT2D eigenvalue weighted by molar-refractivity contribution is 7.90. The molecule has 0 unspecified atom stereocenters. The monoisotopic (exact) mass is 275 g/mol. The van der Waals surface area contributed by atoms with Crippen molar-refractivity contribution in [1.82, 2.24) is 0 Å². The third kappa shape index (κ3) is 3.54. The van der Waals surface area contributed by atoms with Crippen LogP contribution in [0, 0.1) is 10.1 Å². The van der Waals surface area contributed by atoms with Crippen LogP contribution in [-0.2, 0) is 9.84 Å². The molecule has 1 aromatic rings. The Morgan fingerprint density at radius 2 is 2.12 bits per heavy atom. The first-order valence-corrected chi connectivity index (χ1v) is 7.00. The molecule has 1 aromatic carbocycles. The highest BCUT2D eigenvalue weighted by Gasteiger charge is 2.16. The van der Waals surface area contributed by atoms with Crippen molar-refractivity contribution in [2.24, 2.45) is 0 Å². The minimum atomic E-state index is -3.45. The van der Waals surface area contributed by atoms with Crippen molar-refractivity contribution in [2.75, 3.05) is 12.1 Å². The number of nitrogens with zero attached hydrogens (tertiary/aromatic N) is 1. The molecule has 0 amide bonds. The lowest BCUT2D eigenvalue weighted by molar-refractivity contribution is -0.385. The normalized spacial score (nSPS) is 11.9. The van der Waals surface area contributed by atoms with Crippen LogP contribution in [-0.4, -0.2) is 25.5 Å². The Morgan fingerprint density at radius 1 is 1.47 bits per heavy atom. The van der Waals surface area contributed by atoms with E-state index in [0.29, 0.717) is 5.56 Å². The van der Waals surface area contributed by atoms with Crippen molar-refractivity contribution in [3.63, 3.8) is 0 Å². The summed E-state index contributed by atoms with van der Waals surface area (Å²) in [6.07, 6.45) is 4.03. The predicted octanol–water partition coefficient (Wildman–Crippen LogP) is 2.25. The van der Waals surface area contributed by atoms with E-state index in [1.165, 1.54) is 18.2 Å². The molecule has 0 heterocycles. The molecule has 5 nitrogen and oxygen atoms in total. The highest BCUT2D eigenvalue weighted by Crippen LogP contribution is 2.24. The van der Waals surface area contributed by atoms with Gasteiger partial charge in [-0.1, -0.05) is 12.2 Å². The van der Waals surface area contributed by atoms with Gasteiger partial charge in [-0.25, -0.2) is 8.42 Å². The standard InChI is InChI=1S/C10H10ClNO4S/c1-17(15,16)9-5-4-8(3-2-6-11)10(7-9)12(13)14/h2-5,7H,6H2,1H3. The Balaban J connectivity index is 3.37. The number of allylic oxidation sites excluding steroid dienone is 1. The Morgan fingerprint density at radius 3 is 2.59 bits per heavy atom. The maximum atomic E-state index is 11.3. The van der Waals surface area contributed by atoms with E-state index < -0.39 is 14.8 Å². The van der Waals surface area contributed by atoms with Crippen LogP contribution in [0.4, 0.5) is 5.69 Å². The summed E-state index contributed by atoms with van der Waals surface area (Å²) in [5.41, 5.74) is 0.0670. The van der Waals surface area contributed by atoms with Crippen molar-refractivity contribution < 1.29 is 13.3 Å². The van der Waals surface area contributed by atoms with Gasteiger partial charge in [-0.05, 0) is 12.1 Å². The molecule has 0 aromatic heterocycles. The van der Waals surface area contributed by atoms with Gasteiger partial charge in [-0.2, -0.15) is 0 Å². The molecule has 0 atom stereocenters. The molecule has 0 N–H and O–H groups in total. The number of rotatable bonds is 4. The minimum Gasteiger partial charge on any atom is -0.258 e. The molecule has 0 aliphatic heterocycles. The van der Waals surface area contributed by atoms with Crippen molar-refractivity contribution in [1.29, 1.82) is 0 Å². The van der Waals surface area contributed by atoms with E-state index >= 15 is 0 Å². The second kappa shape index (κ2) is 5.29. The number of halogens is 1. The molecule has 92 valence electrons. The molecule has 0 saturated carbocycles. The van der Waals surface area contributed by atoms with Crippen molar-refractivity contribution in [2.45, 2.75) is 4.90 Å². The summed E-state index contributed by atoms with van der Waals surface area (Å²) in [7, 11) is -3.45. The van der Waals surface area contributed by atoms with Crippen LogP contribution in [0.1, 0.15) is 5.56 Å². The average Bonchev–Trinajstić information content (AvgIpc) is 2.24. The van der Waals surface area contributed by atoms with Gasteiger partial charge in [0, 0.05) is 18.2 Å². The van der Waals surface area contributed by atoms with Gasteiger partial charge in [0.15, 0.2) is 9.84 Å². The summed E-state index contributed by atoms with van der Waals surface area (Å²) in [5, 5.41) is 10.8. The third-order valence-corrected chi connectivity index (χ3v) is 3.30. The quantitative estimate of drug-likeness (QED) is 0.480. The van der Waals surface area contributed by atoms with Crippen LogP contribution in [0.25, 0.3) is 6.08 Å². The molecule has 17 heavy (non-hydrogen) atoms. The second-order valence-electron chi connectivity index (χ2n) is 3.31. The number of sulfone groups is 1. The zero-order chi connectivity index (χ0) is 13.1. The molecular weight excluding hydrogens is 266 g/mol. The lowest BCUT2D eigenvalue weighted by Crippen LogP contribution is -2.00. The Labute approximate surface area is 104 Å². The van der Waals surface area contributed by atoms with E-state index in [-0.39, 0.29) is 16.5 Å². The first-order valence-electron chi connectivity index (χ1n) is 4.57. The topological polar surface area (TPSA) is 77.3 Å². The van der Waals surface area contributed by atoms with Crippen LogP contribution in [0.3, 0.4) is 0 Å². The van der Waals surface area contributed by atoms with Crippen molar-refractivity contribution in [3.8, 4) is 0 Å². The summed E-state index contributed by atoms with van der Waals surface area (Å²) in [4.78, 5) is 10.1. The molecule has 0 saturated heterocycles. The zero-order valence-corrected chi connectivity index (χ0v) is 10.5. The van der Waals surface area contributed by atoms with Crippen LogP contribution in [0.15, 0.2) is 29.2 Å². The van der Waals surface area contributed by atoms with Gasteiger partial charge < -0.3 is 0 Å². The summed E-state index contributed by atoms with van der Waals surface area (Å²) >= 11 is 5.43. The summed E-state index contributed by atoms with van der Waals surface area (Å²) in [5.74, 6) is 0.227. The van der Waals surface area contributed by atoms with Gasteiger partial charge >= 0.3 is 0 Å². The van der Waals surface area contributed by atoms with Gasteiger partial charge in [0.25, 0.3) is 5.69 Å². The smallest absolute Gasteiger partial charge is 0.258 e. The number of benzene rings is 1. The van der Waals surface area contributed by atoms with Gasteiger partial charge in [0.05, 0.1) is 15.4 Å². The summed E-state index contributed by atoms with van der Waals surface area (Å²) < 4.78 is 22.5. The summed E-state index contributed by atoms with van der Waals surface area (Å²) in [6, 6.07) is 3.76. The fraction of sp³-hybridized carbons (Fsp3) is 0.200. The van der Waals surface area contributed by atoms with E-state index in [1.807, 2.05) is 0 Å². The lowest BCUT2D eigenvalue weighted by atomic mass is 10.1. The van der Waals surface area contributed by atoms with Gasteiger partial charge in [0.1, 0.15) is 0 Å². The van der Waals surface area contributed by atoms with Crippen LogP contribution >= 0.6 is 11.6 Å². The number of nitro groups is 1. The van der Waals surface area contributed by atoms with Crippen molar-refractivity contribution in [3.05, 3.63) is 40.0 Å². The van der Waals surface area contributed by atoms with Crippen LogP contribution in [0.5, 0.6) is 0 Å². The molecule has 0 aliphatic carbocycles.